The molecule has 1 aliphatic rings. The molecule has 2 atom stereocenters. The van der Waals surface area contributed by atoms with Crippen molar-refractivity contribution in [1.82, 2.24) is 9.62 Å². The maximum absolute atomic E-state index is 13.7. The average molecular weight is 566 g/mol. The van der Waals surface area contributed by atoms with Gasteiger partial charge in [0.1, 0.15) is 0 Å². The summed E-state index contributed by atoms with van der Waals surface area (Å²) >= 11 is 0. The number of piperidine rings is 1. The normalized spacial score (nSPS) is 17.4. The Morgan fingerprint density at radius 2 is 1.68 bits per heavy atom. The Labute approximate surface area is 234 Å². The highest BCUT2D eigenvalue weighted by Crippen LogP contribution is 2.31. The third-order valence-electron chi connectivity index (χ3n) is 7.14. The molecule has 3 aromatic rings. The van der Waals surface area contributed by atoms with Crippen molar-refractivity contribution in [3.63, 3.8) is 0 Å². The molecule has 0 aliphatic carbocycles. The minimum absolute atomic E-state index is 0.0316. The summed E-state index contributed by atoms with van der Waals surface area (Å²) in [4.78, 5) is 39.9. The van der Waals surface area contributed by atoms with Gasteiger partial charge in [-0.1, -0.05) is 49.4 Å². The monoisotopic (exact) mass is 565 g/mol. The van der Waals surface area contributed by atoms with E-state index in [1.807, 2.05) is 26.0 Å². The van der Waals surface area contributed by atoms with E-state index in [2.05, 4.69) is 10.0 Å². The number of anilines is 1. The molecule has 0 unspecified atom stereocenters. The minimum atomic E-state index is -4.09. The second-order valence-corrected chi connectivity index (χ2v) is 11.6. The fourth-order valence-electron chi connectivity index (χ4n) is 5.07. The van der Waals surface area contributed by atoms with Crippen molar-refractivity contribution in [2.45, 2.75) is 51.0 Å². The molecule has 1 aliphatic heterocycles. The van der Waals surface area contributed by atoms with E-state index < -0.39 is 28.0 Å². The average Bonchev–Trinajstić information content (AvgIpc) is 2.93. The summed E-state index contributed by atoms with van der Waals surface area (Å²) in [5, 5.41) is 3.91. The lowest BCUT2D eigenvalue weighted by atomic mass is 9.92. The number of fused-ring (bicyclic) bond motifs is 1. The number of rotatable bonds is 9. The molecule has 1 fully saturated rings. The van der Waals surface area contributed by atoms with Crippen molar-refractivity contribution in [3.05, 3.63) is 71.8 Å². The van der Waals surface area contributed by atoms with Crippen LogP contribution in [0.15, 0.2) is 65.6 Å². The van der Waals surface area contributed by atoms with Crippen LogP contribution in [0, 0.1) is 12.8 Å². The van der Waals surface area contributed by atoms with Gasteiger partial charge in [0.2, 0.25) is 15.9 Å². The predicted molar refractivity (Wildman–Crippen MR) is 153 cm³/mol. The first-order valence-corrected chi connectivity index (χ1v) is 15.0. The quantitative estimate of drug-likeness (QED) is 0.374. The first-order valence-electron chi connectivity index (χ1n) is 13.5. The van der Waals surface area contributed by atoms with Gasteiger partial charge in [-0.05, 0) is 50.5 Å². The number of carbonyl (C=O) groups excluding carboxylic acids is 3. The van der Waals surface area contributed by atoms with E-state index in [0.717, 1.165) is 5.56 Å². The Morgan fingerprint density at radius 3 is 2.38 bits per heavy atom. The van der Waals surface area contributed by atoms with E-state index in [1.165, 1.54) is 6.07 Å². The van der Waals surface area contributed by atoms with E-state index in [4.69, 9.17) is 4.74 Å². The first kappa shape index (κ1) is 29.2. The van der Waals surface area contributed by atoms with Gasteiger partial charge >= 0.3 is 5.97 Å². The molecular formula is C30H35N3O6S. The van der Waals surface area contributed by atoms with Crippen LogP contribution in [0.4, 0.5) is 5.69 Å². The Bertz CT molecular complexity index is 1520. The lowest BCUT2D eigenvalue weighted by molar-refractivity contribution is -0.152. The number of sulfonamides is 1. The molecule has 3 aromatic carbocycles. The van der Waals surface area contributed by atoms with Crippen LogP contribution < -0.4 is 10.0 Å². The van der Waals surface area contributed by atoms with Crippen molar-refractivity contribution in [1.29, 1.82) is 0 Å². The summed E-state index contributed by atoms with van der Waals surface area (Å²) < 4.78 is 35.4. The van der Waals surface area contributed by atoms with Crippen LogP contribution in [-0.2, 0) is 24.3 Å². The largest absolute Gasteiger partial charge is 0.466 e. The SMILES string of the molecule is CCCC(=O)N1CC[C@H](NS(=O)(=O)c2ccc(NC(=O)c3ccccc3C)c3ccccc23)[C@@H](C(=O)OCC)C1. The van der Waals surface area contributed by atoms with Gasteiger partial charge in [0.25, 0.3) is 5.91 Å². The fourth-order valence-corrected chi connectivity index (χ4v) is 6.60. The van der Waals surface area contributed by atoms with Crippen molar-refractivity contribution in [3.8, 4) is 0 Å². The number of amides is 2. The van der Waals surface area contributed by atoms with Gasteiger partial charge < -0.3 is 15.0 Å². The second-order valence-electron chi connectivity index (χ2n) is 9.89. The van der Waals surface area contributed by atoms with Crippen LogP contribution in [0.2, 0.25) is 0 Å². The predicted octanol–water partition coefficient (Wildman–Crippen LogP) is 4.26. The van der Waals surface area contributed by atoms with Gasteiger partial charge in [-0.3, -0.25) is 14.4 Å². The smallest absolute Gasteiger partial charge is 0.312 e. The Hall–Kier alpha value is -3.76. The highest BCUT2D eigenvalue weighted by Gasteiger charge is 2.39. The Morgan fingerprint density at radius 1 is 0.975 bits per heavy atom. The number of ether oxygens (including phenoxy) is 1. The lowest BCUT2D eigenvalue weighted by Crippen LogP contribution is -2.55. The van der Waals surface area contributed by atoms with Crippen molar-refractivity contribution in [2.24, 2.45) is 5.92 Å². The molecule has 40 heavy (non-hydrogen) atoms. The second kappa shape index (κ2) is 12.6. The Balaban J connectivity index is 1.62. The molecular weight excluding hydrogens is 530 g/mol. The van der Waals surface area contributed by atoms with Gasteiger partial charge in [0.15, 0.2) is 0 Å². The van der Waals surface area contributed by atoms with Crippen LogP contribution in [0.25, 0.3) is 10.8 Å². The number of aryl methyl sites for hydroxylation is 1. The third-order valence-corrected chi connectivity index (χ3v) is 8.68. The van der Waals surface area contributed by atoms with Crippen LogP contribution in [0.1, 0.15) is 49.0 Å². The standard InChI is InChI=1S/C30H35N3O6S/c1-4-10-28(34)33-18-17-26(24(19-33)30(36)39-5-2)32-40(37,38)27-16-15-25(22-13-8-9-14-23(22)27)31-29(35)21-12-7-6-11-20(21)3/h6-9,11-16,24,26,32H,4-5,10,17-19H2,1-3H3,(H,31,35)/t24-,26-/m0/s1. The minimum Gasteiger partial charge on any atom is -0.466 e. The molecule has 0 aromatic heterocycles. The van der Waals surface area contributed by atoms with E-state index in [-0.39, 0.29) is 36.3 Å². The van der Waals surface area contributed by atoms with Crippen LogP contribution in [0.3, 0.4) is 0 Å². The number of hydrogen-bond acceptors (Lipinski definition) is 6. The molecule has 10 heteroatoms. The third kappa shape index (κ3) is 6.34. The van der Waals surface area contributed by atoms with E-state index in [9.17, 15) is 22.8 Å². The van der Waals surface area contributed by atoms with Gasteiger partial charge in [-0.25, -0.2) is 13.1 Å². The molecule has 0 spiro atoms. The summed E-state index contributed by atoms with van der Waals surface area (Å²) in [6.45, 7) is 6.03. The molecule has 2 N–H and O–H groups in total. The van der Waals surface area contributed by atoms with Gasteiger partial charge in [-0.2, -0.15) is 0 Å². The number of carbonyl (C=O) groups is 3. The molecule has 0 radical (unpaired) electrons. The Kier molecular flexibility index (Phi) is 9.21. The number of hydrogen-bond donors (Lipinski definition) is 2. The summed E-state index contributed by atoms with van der Waals surface area (Å²) in [5.74, 6) is -1.72. The van der Waals surface area contributed by atoms with Gasteiger partial charge in [-0.15, -0.1) is 0 Å². The summed E-state index contributed by atoms with van der Waals surface area (Å²) in [5.41, 5.74) is 1.83. The molecule has 1 saturated heterocycles. The lowest BCUT2D eigenvalue weighted by Gasteiger charge is -2.37. The maximum Gasteiger partial charge on any atom is 0.312 e. The molecule has 2 amide bonds. The maximum atomic E-state index is 13.7. The number of likely N-dealkylation sites (tertiary alicyclic amines) is 1. The molecule has 0 saturated carbocycles. The highest BCUT2D eigenvalue weighted by atomic mass is 32.2. The van der Waals surface area contributed by atoms with Crippen LogP contribution >= 0.6 is 0 Å². The number of nitrogens with one attached hydrogen (secondary N) is 2. The van der Waals surface area contributed by atoms with Gasteiger partial charge in [0.05, 0.1) is 17.4 Å². The molecule has 1 heterocycles. The molecule has 4 rings (SSSR count). The zero-order valence-corrected chi connectivity index (χ0v) is 23.8. The fraction of sp³-hybridized carbons (Fsp3) is 0.367. The van der Waals surface area contributed by atoms with Crippen molar-refractivity contribution < 1.29 is 27.5 Å². The topological polar surface area (TPSA) is 122 Å². The van der Waals surface area contributed by atoms with Crippen molar-refractivity contribution in [2.75, 3.05) is 25.0 Å². The summed E-state index contributed by atoms with van der Waals surface area (Å²) in [6.07, 6.45) is 1.33. The number of esters is 1. The highest BCUT2D eigenvalue weighted by molar-refractivity contribution is 7.89. The molecule has 212 valence electrons. The van der Waals surface area contributed by atoms with Crippen molar-refractivity contribution >= 4 is 44.3 Å². The summed E-state index contributed by atoms with van der Waals surface area (Å²) in [7, 11) is -4.09. The van der Waals surface area contributed by atoms with Crippen LogP contribution in [-0.4, -0.2) is 56.8 Å². The number of benzene rings is 3. The van der Waals surface area contributed by atoms with Gasteiger partial charge in [0, 0.05) is 47.6 Å². The molecule has 9 nitrogen and oxygen atoms in total. The summed E-state index contributed by atoms with van der Waals surface area (Å²) in [6, 6.07) is 16.4. The first-order chi connectivity index (χ1) is 19.2. The van der Waals surface area contributed by atoms with E-state index in [1.54, 1.807) is 54.3 Å². The zero-order chi connectivity index (χ0) is 28.9. The number of nitrogens with zero attached hydrogens (tertiary/aromatic N) is 1. The van der Waals surface area contributed by atoms with E-state index in [0.29, 0.717) is 41.4 Å². The van der Waals surface area contributed by atoms with E-state index >= 15 is 0 Å². The zero-order valence-electron chi connectivity index (χ0n) is 23.0. The van der Waals surface area contributed by atoms with Crippen LogP contribution in [0.5, 0.6) is 0 Å². The molecule has 0 bridgehead atoms.